The first-order valence-corrected chi connectivity index (χ1v) is 4.72. The highest BCUT2D eigenvalue weighted by Crippen LogP contribution is 2.34. The zero-order valence-electron chi connectivity index (χ0n) is 8.75. The molecule has 17 heavy (non-hydrogen) atoms. The molecule has 92 valence electrons. The molecular formula is C10H9F3N2O2. The number of nitrogens with zero attached hydrogens (tertiary/aromatic N) is 1. The van der Waals surface area contributed by atoms with Crippen LogP contribution in [0.4, 0.5) is 13.2 Å². The second kappa shape index (κ2) is 3.71. The normalized spacial score (nSPS) is 24.4. The van der Waals surface area contributed by atoms with Crippen molar-refractivity contribution in [1.29, 1.82) is 0 Å². The van der Waals surface area contributed by atoms with Gasteiger partial charge in [-0.25, -0.2) is 10.3 Å². The van der Waals surface area contributed by atoms with Crippen LogP contribution in [0.1, 0.15) is 11.1 Å². The van der Waals surface area contributed by atoms with Crippen LogP contribution in [-0.4, -0.2) is 23.0 Å². The molecule has 1 aliphatic rings. The Morgan fingerprint density at radius 3 is 2.35 bits per heavy atom. The molecule has 0 amide bonds. The summed E-state index contributed by atoms with van der Waals surface area (Å²) in [5, 5.41) is 9.12. The molecule has 0 aliphatic carbocycles. The number of hydroxylamine groups is 1. The van der Waals surface area contributed by atoms with Gasteiger partial charge in [0.25, 0.3) is 0 Å². The van der Waals surface area contributed by atoms with Crippen LogP contribution in [0.3, 0.4) is 0 Å². The highest BCUT2D eigenvalue weighted by atomic mass is 19.4. The smallest absolute Gasteiger partial charge is 0.339 e. The van der Waals surface area contributed by atoms with E-state index in [0.29, 0.717) is 5.56 Å². The van der Waals surface area contributed by atoms with E-state index >= 15 is 0 Å². The van der Waals surface area contributed by atoms with Crippen LogP contribution in [0.25, 0.3) is 0 Å². The van der Waals surface area contributed by atoms with Gasteiger partial charge in [-0.1, -0.05) is 29.8 Å². The molecule has 1 heterocycles. The van der Waals surface area contributed by atoms with Gasteiger partial charge in [0.05, 0.1) is 0 Å². The zero-order valence-corrected chi connectivity index (χ0v) is 8.75. The Kier molecular flexibility index (Phi) is 2.59. The fourth-order valence-corrected chi connectivity index (χ4v) is 1.27. The minimum atomic E-state index is -4.99. The number of hydrogen-bond acceptors (Lipinski definition) is 4. The van der Waals surface area contributed by atoms with Crippen molar-refractivity contribution in [2.24, 2.45) is 4.99 Å². The first-order chi connectivity index (χ1) is 7.82. The van der Waals surface area contributed by atoms with Gasteiger partial charge in [-0.2, -0.15) is 18.2 Å². The molecule has 2 rings (SSSR count). The van der Waals surface area contributed by atoms with Crippen molar-refractivity contribution in [2.75, 3.05) is 0 Å². The van der Waals surface area contributed by atoms with E-state index < -0.39 is 12.1 Å². The predicted octanol–water partition coefficient (Wildman–Crippen LogP) is 1.48. The van der Waals surface area contributed by atoms with Gasteiger partial charge in [-0.15, -0.1) is 0 Å². The lowest BCUT2D eigenvalue weighted by Crippen LogP contribution is -2.44. The molecule has 0 unspecified atom stereocenters. The van der Waals surface area contributed by atoms with Crippen LogP contribution < -0.4 is 5.48 Å². The third kappa shape index (κ3) is 2.11. The quantitative estimate of drug-likeness (QED) is 0.789. The average Bonchev–Trinajstić information content (AvgIpc) is 2.63. The zero-order chi connectivity index (χ0) is 12.7. The van der Waals surface area contributed by atoms with Gasteiger partial charge in [0.1, 0.15) is 0 Å². The molecule has 0 aromatic heterocycles. The number of halogens is 3. The van der Waals surface area contributed by atoms with Crippen LogP contribution in [0, 0.1) is 6.92 Å². The van der Waals surface area contributed by atoms with Crippen molar-refractivity contribution in [3.05, 3.63) is 35.4 Å². The molecule has 2 N–H and O–H groups in total. The van der Waals surface area contributed by atoms with Crippen LogP contribution in [0.2, 0.25) is 0 Å². The van der Waals surface area contributed by atoms with Gasteiger partial charge in [0.15, 0.2) is 5.84 Å². The number of hydrogen-bond donors (Lipinski definition) is 2. The number of rotatable bonds is 1. The van der Waals surface area contributed by atoms with E-state index in [-0.39, 0.29) is 5.84 Å². The molecule has 0 fully saturated rings. The number of aliphatic hydroxyl groups is 1. The summed E-state index contributed by atoms with van der Waals surface area (Å²) < 4.78 is 37.1. The van der Waals surface area contributed by atoms with E-state index in [1.165, 1.54) is 0 Å². The number of alkyl halides is 3. The van der Waals surface area contributed by atoms with Crippen LogP contribution >= 0.6 is 0 Å². The van der Waals surface area contributed by atoms with Crippen molar-refractivity contribution in [3.63, 3.8) is 0 Å². The van der Waals surface area contributed by atoms with Crippen LogP contribution in [0.15, 0.2) is 29.3 Å². The maximum atomic E-state index is 12.4. The predicted molar refractivity (Wildman–Crippen MR) is 52.9 cm³/mol. The Morgan fingerprint density at radius 2 is 1.88 bits per heavy atom. The largest absolute Gasteiger partial charge is 0.469 e. The monoisotopic (exact) mass is 246 g/mol. The van der Waals surface area contributed by atoms with Crippen molar-refractivity contribution in [2.45, 2.75) is 19.0 Å². The van der Waals surface area contributed by atoms with Crippen LogP contribution in [-0.2, 0) is 4.84 Å². The highest BCUT2D eigenvalue weighted by Gasteiger charge is 2.59. The van der Waals surface area contributed by atoms with Crippen molar-refractivity contribution >= 4 is 5.84 Å². The lowest BCUT2D eigenvalue weighted by molar-refractivity contribution is -0.363. The lowest BCUT2D eigenvalue weighted by atomic mass is 10.1. The van der Waals surface area contributed by atoms with E-state index in [9.17, 15) is 13.2 Å². The van der Waals surface area contributed by atoms with Crippen molar-refractivity contribution < 1.29 is 23.1 Å². The fourth-order valence-electron chi connectivity index (χ4n) is 1.27. The minimum Gasteiger partial charge on any atom is -0.339 e. The maximum absolute atomic E-state index is 12.4. The molecule has 0 saturated carbocycles. The first-order valence-electron chi connectivity index (χ1n) is 4.72. The molecule has 1 atom stereocenters. The number of aliphatic imine (C=N–C) groups is 1. The Bertz CT molecular complexity index is 456. The van der Waals surface area contributed by atoms with Gasteiger partial charge >= 0.3 is 12.1 Å². The average molecular weight is 246 g/mol. The molecule has 0 spiro atoms. The number of nitrogens with one attached hydrogen (secondary N) is 1. The molecule has 0 radical (unpaired) electrons. The molecule has 1 aliphatic heterocycles. The first kappa shape index (κ1) is 11.9. The summed E-state index contributed by atoms with van der Waals surface area (Å²) >= 11 is 0. The lowest BCUT2D eigenvalue weighted by Gasteiger charge is -2.19. The number of amidine groups is 1. The SMILES string of the molecule is Cc1ccc(C2=N[C@](O)(C(F)(F)F)ON2)cc1. The third-order valence-electron chi connectivity index (χ3n) is 2.25. The Labute approximate surface area is 94.7 Å². The third-order valence-corrected chi connectivity index (χ3v) is 2.25. The Balaban J connectivity index is 2.31. The second-order valence-electron chi connectivity index (χ2n) is 3.64. The fraction of sp³-hybridized carbons (Fsp3) is 0.300. The van der Waals surface area contributed by atoms with Crippen LogP contribution in [0.5, 0.6) is 0 Å². The van der Waals surface area contributed by atoms with E-state index in [2.05, 4.69) is 9.83 Å². The highest BCUT2D eigenvalue weighted by molar-refractivity contribution is 5.99. The van der Waals surface area contributed by atoms with E-state index in [1.807, 2.05) is 12.4 Å². The van der Waals surface area contributed by atoms with E-state index in [1.54, 1.807) is 24.3 Å². The Morgan fingerprint density at radius 1 is 1.29 bits per heavy atom. The summed E-state index contributed by atoms with van der Waals surface area (Å²) in [7, 11) is 0. The van der Waals surface area contributed by atoms with Crippen molar-refractivity contribution in [3.8, 4) is 0 Å². The minimum absolute atomic E-state index is 0.162. The van der Waals surface area contributed by atoms with Crippen molar-refractivity contribution in [1.82, 2.24) is 5.48 Å². The van der Waals surface area contributed by atoms with E-state index in [4.69, 9.17) is 5.11 Å². The Hall–Kier alpha value is -1.60. The van der Waals surface area contributed by atoms with E-state index in [0.717, 1.165) is 5.56 Å². The molecule has 1 aromatic rings. The summed E-state index contributed by atoms with van der Waals surface area (Å²) in [5.41, 5.74) is 3.33. The van der Waals surface area contributed by atoms with Gasteiger partial charge < -0.3 is 5.11 Å². The number of benzene rings is 1. The van der Waals surface area contributed by atoms with Gasteiger partial charge in [0.2, 0.25) is 0 Å². The van der Waals surface area contributed by atoms with Gasteiger partial charge in [0, 0.05) is 5.56 Å². The standard InChI is InChI=1S/C10H9F3N2O2/c1-6-2-4-7(5-3-6)8-14-10(16,17-15-8)9(11,12)13/h2-5,16H,1H3,(H,14,15)/t10-/m0/s1. The molecule has 7 heteroatoms. The molecule has 1 aromatic carbocycles. The van der Waals surface area contributed by atoms with Gasteiger partial charge in [-0.05, 0) is 6.92 Å². The molecule has 4 nitrogen and oxygen atoms in total. The summed E-state index contributed by atoms with van der Waals surface area (Å²) in [6, 6.07) is 6.58. The maximum Gasteiger partial charge on any atom is 0.469 e. The summed E-state index contributed by atoms with van der Waals surface area (Å²) in [4.78, 5) is 7.18. The number of aryl methyl sites for hydroxylation is 1. The van der Waals surface area contributed by atoms with Gasteiger partial charge in [-0.3, -0.25) is 0 Å². The topological polar surface area (TPSA) is 53.9 Å². The molecule has 0 saturated heterocycles. The summed E-state index contributed by atoms with van der Waals surface area (Å²) in [6.07, 6.45) is -4.99. The second-order valence-corrected chi connectivity index (χ2v) is 3.64. The summed E-state index contributed by atoms with van der Waals surface area (Å²) in [5.74, 6) is -3.68. The molecular weight excluding hydrogens is 237 g/mol. The molecule has 0 bridgehead atoms. The summed E-state index contributed by atoms with van der Waals surface area (Å²) in [6.45, 7) is 1.84.